The van der Waals surface area contributed by atoms with Crippen molar-refractivity contribution in [2.75, 3.05) is 5.32 Å². The second kappa shape index (κ2) is 9.32. The van der Waals surface area contributed by atoms with Crippen molar-refractivity contribution < 1.29 is 13.7 Å². The highest BCUT2D eigenvalue weighted by Gasteiger charge is 2.16. The van der Waals surface area contributed by atoms with Crippen LogP contribution in [0.15, 0.2) is 53.1 Å². The number of benzene rings is 2. The van der Waals surface area contributed by atoms with E-state index in [0.29, 0.717) is 29.4 Å². The van der Waals surface area contributed by atoms with Crippen molar-refractivity contribution in [2.45, 2.75) is 45.1 Å². The van der Waals surface area contributed by atoms with Gasteiger partial charge in [-0.2, -0.15) is 4.98 Å². The predicted molar refractivity (Wildman–Crippen MR) is 120 cm³/mol. The molecular formula is C24H23FN6O2. The summed E-state index contributed by atoms with van der Waals surface area (Å²) in [5.74, 6) is 2.16. The van der Waals surface area contributed by atoms with Crippen LogP contribution >= 0.6 is 0 Å². The molecule has 0 aliphatic carbocycles. The van der Waals surface area contributed by atoms with Crippen LogP contribution in [0.3, 0.4) is 0 Å². The van der Waals surface area contributed by atoms with Gasteiger partial charge in [0, 0.05) is 42.6 Å². The maximum atomic E-state index is 13.1. The van der Waals surface area contributed by atoms with Gasteiger partial charge in [0.05, 0.1) is 0 Å². The number of nitrogens with zero attached hydrogens (tertiary/aromatic N) is 5. The van der Waals surface area contributed by atoms with E-state index < -0.39 is 0 Å². The number of hydrogen-bond acceptors (Lipinski definition) is 6. The minimum atomic E-state index is -0.330. The number of amides is 1. The van der Waals surface area contributed by atoms with E-state index in [1.807, 2.05) is 24.3 Å². The van der Waals surface area contributed by atoms with Crippen LogP contribution in [-0.2, 0) is 24.2 Å². The molecule has 0 saturated heterocycles. The van der Waals surface area contributed by atoms with Crippen LogP contribution < -0.4 is 5.32 Å². The van der Waals surface area contributed by atoms with E-state index in [9.17, 15) is 9.18 Å². The number of halogens is 1. The fraction of sp³-hybridized carbons (Fsp3) is 0.292. The third-order valence-electron chi connectivity index (χ3n) is 5.67. The predicted octanol–water partition coefficient (Wildman–Crippen LogP) is 4.43. The lowest BCUT2D eigenvalue weighted by Gasteiger charge is -2.08. The molecule has 5 rings (SSSR count). The summed E-state index contributed by atoms with van der Waals surface area (Å²) in [4.78, 5) is 16.6. The van der Waals surface area contributed by atoms with Gasteiger partial charge in [0.2, 0.25) is 17.6 Å². The number of rotatable bonds is 6. The van der Waals surface area contributed by atoms with Gasteiger partial charge in [0.15, 0.2) is 5.82 Å². The molecule has 0 spiro atoms. The second-order valence-corrected chi connectivity index (χ2v) is 8.05. The molecule has 3 heterocycles. The monoisotopic (exact) mass is 446 g/mol. The average Bonchev–Trinajstić information content (AvgIpc) is 3.40. The number of carbonyl (C=O) groups excluding carboxylic acids is 1. The molecule has 1 aliphatic rings. The third-order valence-corrected chi connectivity index (χ3v) is 5.67. The number of fused-ring (bicyclic) bond motifs is 1. The Morgan fingerprint density at radius 2 is 1.79 bits per heavy atom. The maximum absolute atomic E-state index is 13.1. The summed E-state index contributed by atoms with van der Waals surface area (Å²) in [5, 5.41) is 15.5. The molecule has 1 N–H and O–H groups in total. The zero-order valence-electron chi connectivity index (χ0n) is 18.0. The van der Waals surface area contributed by atoms with Crippen LogP contribution in [0.1, 0.15) is 37.4 Å². The number of carbonyl (C=O) groups is 1. The summed E-state index contributed by atoms with van der Waals surface area (Å²) in [6.45, 7) is 0.939. The summed E-state index contributed by atoms with van der Waals surface area (Å²) in [7, 11) is 0. The van der Waals surface area contributed by atoms with Gasteiger partial charge in [-0.25, -0.2) is 4.39 Å². The minimum Gasteiger partial charge on any atom is -0.339 e. The highest BCUT2D eigenvalue weighted by molar-refractivity contribution is 5.91. The van der Waals surface area contributed by atoms with Gasteiger partial charge >= 0.3 is 0 Å². The Labute approximate surface area is 189 Å². The van der Waals surface area contributed by atoms with Crippen LogP contribution in [0.25, 0.3) is 22.8 Å². The number of hydrogen-bond donors (Lipinski definition) is 1. The molecule has 2 aromatic heterocycles. The lowest BCUT2D eigenvalue weighted by molar-refractivity contribution is -0.116. The first kappa shape index (κ1) is 21.0. The van der Waals surface area contributed by atoms with E-state index in [1.54, 1.807) is 12.1 Å². The first-order valence-corrected chi connectivity index (χ1v) is 11.1. The smallest absolute Gasteiger partial charge is 0.227 e. The van der Waals surface area contributed by atoms with Gasteiger partial charge < -0.3 is 14.4 Å². The normalized spacial score (nSPS) is 13.4. The highest BCUT2D eigenvalue weighted by Crippen LogP contribution is 2.24. The zero-order valence-corrected chi connectivity index (χ0v) is 18.0. The lowest BCUT2D eigenvalue weighted by Crippen LogP contribution is -2.12. The van der Waals surface area contributed by atoms with E-state index in [2.05, 4.69) is 30.2 Å². The quantitative estimate of drug-likeness (QED) is 0.470. The van der Waals surface area contributed by atoms with Crippen molar-refractivity contribution in [3.05, 3.63) is 66.1 Å². The average molecular weight is 446 g/mol. The Bertz CT molecular complexity index is 1250. The number of aromatic nitrogens is 5. The number of aryl methyl sites for hydroxylation is 2. The fourth-order valence-electron chi connectivity index (χ4n) is 3.92. The van der Waals surface area contributed by atoms with Gasteiger partial charge in [-0.05, 0) is 61.4 Å². The van der Waals surface area contributed by atoms with E-state index in [4.69, 9.17) is 4.52 Å². The molecule has 0 radical (unpaired) electrons. The maximum Gasteiger partial charge on any atom is 0.227 e. The van der Waals surface area contributed by atoms with Crippen molar-refractivity contribution in [2.24, 2.45) is 0 Å². The molecule has 9 heteroatoms. The Morgan fingerprint density at radius 3 is 2.61 bits per heavy atom. The Balaban J connectivity index is 1.17. The number of anilines is 1. The Kier molecular flexibility index (Phi) is 5.93. The molecule has 0 bridgehead atoms. The molecule has 0 fully saturated rings. The van der Waals surface area contributed by atoms with Crippen LogP contribution in [0, 0.1) is 5.82 Å². The van der Waals surface area contributed by atoms with E-state index in [-0.39, 0.29) is 18.1 Å². The molecule has 4 aromatic rings. The molecule has 168 valence electrons. The molecule has 1 aliphatic heterocycles. The molecule has 0 saturated carbocycles. The fourth-order valence-corrected chi connectivity index (χ4v) is 3.92. The Morgan fingerprint density at radius 1 is 1.00 bits per heavy atom. The van der Waals surface area contributed by atoms with Gasteiger partial charge in [0.1, 0.15) is 11.6 Å². The van der Waals surface area contributed by atoms with Crippen LogP contribution in [0.5, 0.6) is 0 Å². The van der Waals surface area contributed by atoms with Gasteiger partial charge in [-0.3, -0.25) is 4.79 Å². The topological polar surface area (TPSA) is 98.7 Å². The molecule has 1 amide bonds. The van der Waals surface area contributed by atoms with Crippen molar-refractivity contribution in [3.63, 3.8) is 0 Å². The van der Waals surface area contributed by atoms with Crippen molar-refractivity contribution in [1.29, 1.82) is 0 Å². The molecular weight excluding hydrogens is 423 g/mol. The second-order valence-electron chi connectivity index (χ2n) is 8.05. The summed E-state index contributed by atoms with van der Waals surface area (Å²) < 4.78 is 20.5. The third kappa shape index (κ3) is 4.82. The van der Waals surface area contributed by atoms with Crippen LogP contribution in [0.2, 0.25) is 0 Å². The SMILES string of the molecule is O=C(CCc1nc(-c2ccc(F)cc2)no1)Nc1ccc(-c2nnc3n2CCCCC3)cc1. The van der Waals surface area contributed by atoms with Gasteiger partial charge in [0.25, 0.3) is 0 Å². The first-order chi connectivity index (χ1) is 16.2. The molecule has 0 unspecified atom stereocenters. The van der Waals surface area contributed by atoms with Crippen molar-refractivity contribution in [3.8, 4) is 22.8 Å². The summed E-state index contributed by atoms with van der Waals surface area (Å²) in [6, 6.07) is 13.5. The minimum absolute atomic E-state index is 0.152. The molecule has 8 nitrogen and oxygen atoms in total. The standard InChI is InChI=1S/C24H23FN6O2/c25-18-9-5-16(6-10-18)23-27-22(33-30-23)14-13-21(32)26-19-11-7-17(8-12-19)24-29-28-20-4-2-1-3-15-31(20)24/h5-12H,1-4,13-15H2,(H,26,32). The van der Waals surface area contributed by atoms with E-state index >= 15 is 0 Å². The molecule has 2 aromatic carbocycles. The van der Waals surface area contributed by atoms with Crippen LogP contribution in [-0.4, -0.2) is 30.8 Å². The number of nitrogens with one attached hydrogen (secondary N) is 1. The van der Waals surface area contributed by atoms with E-state index in [1.165, 1.54) is 18.6 Å². The first-order valence-electron chi connectivity index (χ1n) is 11.1. The van der Waals surface area contributed by atoms with Crippen molar-refractivity contribution in [1.82, 2.24) is 24.9 Å². The Hall–Kier alpha value is -3.88. The van der Waals surface area contributed by atoms with Crippen molar-refractivity contribution >= 4 is 11.6 Å². The summed E-state index contributed by atoms with van der Waals surface area (Å²) >= 11 is 0. The molecule has 33 heavy (non-hydrogen) atoms. The van der Waals surface area contributed by atoms with Gasteiger partial charge in [-0.15, -0.1) is 10.2 Å². The highest BCUT2D eigenvalue weighted by atomic mass is 19.1. The van der Waals surface area contributed by atoms with Crippen LogP contribution in [0.4, 0.5) is 10.1 Å². The lowest BCUT2D eigenvalue weighted by atomic mass is 10.2. The largest absolute Gasteiger partial charge is 0.339 e. The summed E-state index contributed by atoms with van der Waals surface area (Å²) in [5.41, 5.74) is 2.34. The summed E-state index contributed by atoms with van der Waals surface area (Å²) in [6.07, 6.45) is 4.98. The van der Waals surface area contributed by atoms with E-state index in [0.717, 1.165) is 43.0 Å². The zero-order chi connectivity index (χ0) is 22.6. The van der Waals surface area contributed by atoms with Gasteiger partial charge in [-0.1, -0.05) is 11.6 Å². The molecule has 0 atom stereocenters.